The fourth-order valence-corrected chi connectivity index (χ4v) is 0.204. The van der Waals surface area contributed by atoms with E-state index in [0.29, 0.717) is 0 Å². The molecule has 0 atom stereocenters. The van der Waals surface area contributed by atoms with Crippen LogP contribution in [0.4, 0.5) is 0 Å². The molecule has 0 aliphatic rings. The molecule has 0 bridgehead atoms. The van der Waals surface area contributed by atoms with Gasteiger partial charge in [0.25, 0.3) is 0 Å². The van der Waals surface area contributed by atoms with Gasteiger partial charge in [0.05, 0.1) is 6.54 Å². The molecule has 0 radical (unpaired) electrons. The maximum absolute atomic E-state index is 8.74. The summed E-state index contributed by atoms with van der Waals surface area (Å²) in [5.74, 6) is 0.289. The largest absolute Gasteiger partial charge is 0.394 e. The average Bonchev–Trinajstić information content (AvgIpc) is 1.58. The third-order valence-electron chi connectivity index (χ3n) is 0.381. The summed E-state index contributed by atoms with van der Waals surface area (Å²) in [6, 6.07) is 0. The van der Waals surface area contributed by atoms with Crippen LogP contribution in [-0.2, 0) is 10.4 Å². The minimum Gasteiger partial charge on any atom is -0.291 e. The first kappa shape index (κ1) is 12.8. The van der Waals surface area contributed by atoms with Gasteiger partial charge in [0.1, 0.15) is 0 Å². The molecule has 0 heterocycles. The van der Waals surface area contributed by atoms with Crippen molar-refractivity contribution < 1.29 is 22.5 Å². The van der Waals surface area contributed by atoms with Gasteiger partial charge >= 0.3 is 16.4 Å². The Balaban J connectivity index is 0. The van der Waals surface area contributed by atoms with Gasteiger partial charge in [-0.2, -0.15) is 8.42 Å². The Bertz CT molecular complexity index is 197. The third-order valence-corrected chi connectivity index (χ3v) is 0.381. The Hall–Kier alpha value is -0.860. The Kier molecular flexibility index (Phi) is 6.85. The van der Waals surface area contributed by atoms with Crippen molar-refractivity contribution in [2.45, 2.75) is 6.92 Å². The van der Waals surface area contributed by atoms with Crippen molar-refractivity contribution in [2.75, 3.05) is 6.54 Å². The Labute approximate surface area is 64.7 Å². The summed E-state index contributed by atoms with van der Waals surface area (Å²) < 4.78 is 31.6. The Morgan fingerprint density at radius 3 is 1.73 bits per heavy atom. The lowest BCUT2D eigenvalue weighted by Gasteiger charge is -1.76. The molecule has 0 amide bonds. The van der Waals surface area contributed by atoms with Crippen LogP contribution in [-0.4, -0.2) is 30.0 Å². The molecule has 0 unspecified atom stereocenters. The summed E-state index contributed by atoms with van der Waals surface area (Å²) >= 11 is 0. The molecule has 0 aromatic rings. The van der Waals surface area contributed by atoms with E-state index in [0.717, 1.165) is 6.54 Å². The van der Waals surface area contributed by atoms with Gasteiger partial charge in [-0.25, -0.2) is 0 Å². The first-order valence-electron chi connectivity index (χ1n) is 2.59. The quantitative estimate of drug-likeness (QED) is 0.165. The second-order valence-corrected chi connectivity index (χ2v) is 2.33. The summed E-state index contributed by atoms with van der Waals surface area (Å²) in [7, 11) is -4.67. The molecule has 0 aromatic carbocycles. The number of nitrogens with one attached hydrogen (secondary N) is 1. The van der Waals surface area contributed by atoms with Crippen molar-refractivity contribution in [3.63, 3.8) is 0 Å². The zero-order valence-electron chi connectivity index (χ0n) is 5.98. The van der Waals surface area contributed by atoms with Crippen molar-refractivity contribution >= 4 is 16.4 Å². The highest BCUT2D eigenvalue weighted by Gasteiger charge is 1.84. The van der Waals surface area contributed by atoms with Gasteiger partial charge in [0, 0.05) is 0 Å². The second-order valence-electron chi connectivity index (χ2n) is 1.43. The summed E-state index contributed by atoms with van der Waals surface area (Å²) in [5.41, 5.74) is 9.97. The van der Waals surface area contributed by atoms with Crippen LogP contribution in [0, 0.1) is 0 Å². The van der Waals surface area contributed by atoms with E-state index in [1.165, 1.54) is 0 Å². The lowest BCUT2D eigenvalue weighted by Crippen LogP contribution is -2.77. The van der Waals surface area contributed by atoms with E-state index in [2.05, 4.69) is 4.99 Å². The van der Waals surface area contributed by atoms with Crippen LogP contribution in [0.15, 0.2) is 0 Å². The molecule has 0 aliphatic carbocycles. The SMILES string of the molecule is CC[NH+]=C(N)N.O=S(=O)(O)O. The minimum absolute atomic E-state index is 0.289. The van der Waals surface area contributed by atoms with Crippen molar-refractivity contribution in [1.82, 2.24) is 0 Å². The van der Waals surface area contributed by atoms with Crippen LogP contribution in [0.5, 0.6) is 0 Å². The standard InChI is InChI=1S/C3H9N3.H2O4S/c1-2-6-3(4)5;1-5(2,3)4/h2H2,1H3,(H4,4,5,6);(H2,1,2,3,4)/p+1. The summed E-state index contributed by atoms with van der Waals surface area (Å²) in [4.78, 5) is 2.68. The molecule has 0 aliphatic heterocycles. The van der Waals surface area contributed by atoms with Crippen LogP contribution < -0.4 is 16.5 Å². The van der Waals surface area contributed by atoms with Gasteiger partial charge in [0.15, 0.2) is 0 Å². The zero-order chi connectivity index (χ0) is 9.49. The Morgan fingerprint density at radius 2 is 1.73 bits per heavy atom. The van der Waals surface area contributed by atoms with Crippen LogP contribution >= 0.6 is 0 Å². The average molecular weight is 186 g/mol. The molecule has 0 aromatic heterocycles. The first-order valence-corrected chi connectivity index (χ1v) is 3.98. The molecular weight excluding hydrogens is 174 g/mol. The summed E-state index contributed by atoms with van der Waals surface area (Å²) in [6.45, 7) is 2.72. The third kappa shape index (κ3) is 102. The molecule has 0 saturated heterocycles. The highest BCUT2D eigenvalue weighted by atomic mass is 32.3. The lowest BCUT2D eigenvalue weighted by molar-refractivity contribution is -0.454. The van der Waals surface area contributed by atoms with Gasteiger partial charge in [-0.15, -0.1) is 0 Å². The minimum atomic E-state index is -4.67. The van der Waals surface area contributed by atoms with E-state index < -0.39 is 10.4 Å². The normalized spacial score (nSPS) is 9.36. The van der Waals surface area contributed by atoms with E-state index in [1.807, 2.05) is 6.92 Å². The molecule has 8 heteroatoms. The van der Waals surface area contributed by atoms with Crippen molar-refractivity contribution in [2.24, 2.45) is 11.5 Å². The van der Waals surface area contributed by atoms with Crippen LogP contribution in [0.1, 0.15) is 6.92 Å². The van der Waals surface area contributed by atoms with E-state index in [4.69, 9.17) is 29.0 Å². The van der Waals surface area contributed by atoms with Crippen molar-refractivity contribution in [3.8, 4) is 0 Å². The first-order chi connectivity index (χ1) is 4.77. The number of nitrogens with two attached hydrogens (primary N) is 2. The van der Waals surface area contributed by atoms with Gasteiger partial charge in [-0.3, -0.25) is 25.6 Å². The fraction of sp³-hybridized carbons (Fsp3) is 0.667. The second kappa shape index (κ2) is 5.89. The highest BCUT2D eigenvalue weighted by molar-refractivity contribution is 7.79. The van der Waals surface area contributed by atoms with Crippen LogP contribution in [0.25, 0.3) is 0 Å². The highest BCUT2D eigenvalue weighted by Crippen LogP contribution is 1.59. The number of hydrogen-bond acceptors (Lipinski definition) is 2. The summed E-state index contributed by atoms with van der Waals surface area (Å²) in [5, 5.41) is 0. The summed E-state index contributed by atoms with van der Waals surface area (Å²) in [6.07, 6.45) is 0. The molecule has 0 spiro atoms. The topological polar surface area (TPSA) is 141 Å². The maximum atomic E-state index is 8.74. The smallest absolute Gasteiger partial charge is 0.291 e. The van der Waals surface area contributed by atoms with Gasteiger partial charge < -0.3 is 0 Å². The molecule has 7 N–H and O–H groups in total. The molecule has 0 rings (SSSR count). The molecule has 0 saturated carbocycles. The van der Waals surface area contributed by atoms with Gasteiger partial charge in [0.2, 0.25) is 0 Å². The van der Waals surface area contributed by atoms with E-state index in [1.54, 1.807) is 0 Å². The van der Waals surface area contributed by atoms with E-state index in [9.17, 15) is 0 Å². The fourth-order valence-electron chi connectivity index (χ4n) is 0.204. The van der Waals surface area contributed by atoms with Gasteiger partial charge in [-0.1, -0.05) is 0 Å². The molecule has 7 nitrogen and oxygen atoms in total. The number of hydrogen-bond donors (Lipinski definition) is 5. The van der Waals surface area contributed by atoms with E-state index >= 15 is 0 Å². The Morgan fingerprint density at radius 1 is 1.45 bits per heavy atom. The predicted molar refractivity (Wildman–Crippen MR) is 39.1 cm³/mol. The van der Waals surface area contributed by atoms with E-state index in [-0.39, 0.29) is 5.96 Å². The molecule has 0 fully saturated rings. The molecular formula is C3H12N3O4S+. The van der Waals surface area contributed by atoms with Crippen molar-refractivity contribution in [1.29, 1.82) is 0 Å². The maximum Gasteiger partial charge on any atom is 0.394 e. The monoisotopic (exact) mass is 186 g/mol. The molecule has 11 heavy (non-hydrogen) atoms. The zero-order valence-corrected chi connectivity index (χ0v) is 6.80. The molecule has 68 valence electrons. The predicted octanol–water partition coefficient (Wildman–Crippen LogP) is -3.29. The van der Waals surface area contributed by atoms with Crippen LogP contribution in [0.3, 0.4) is 0 Å². The van der Waals surface area contributed by atoms with Crippen LogP contribution in [0.2, 0.25) is 0 Å². The number of guanidine groups is 1. The lowest BCUT2D eigenvalue weighted by atomic mass is 10.8. The van der Waals surface area contributed by atoms with Crippen molar-refractivity contribution in [3.05, 3.63) is 0 Å². The number of rotatable bonds is 1. The van der Waals surface area contributed by atoms with Gasteiger partial charge in [-0.05, 0) is 6.92 Å².